The average Bonchev–Trinajstić information content (AvgIpc) is 2.69. The molecular formula is C10H10BNO3S. The fourth-order valence-electron chi connectivity index (χ4n) is 1.51. The average molecular weight is 235 g/mol. The third-order valence-corrected chi connectivity index (χ3v) is 3.40. The number of carbonyl (C=O) groups excluding carboxylic acids is 1. The summed E-state index contributed by atoms with van der Waals surface area (Å²) in [6, 6.07) is 7.49. The number of benzene rings is 1. The van der Waals surface area contributed by atoms with Crippen LogP contribution in [0.3, 0.4) is 0 Å². The Balaban J connectivity index is 2.34. The molecule has 6 heteroatoms. The molecule has 0 spiro atoms. The molecular weight excluding hydrogens is 225 g/mol. The van der Waals surface area contributed by atoms with Crippen molar-refractivity contribution >= 4 is 39.7 Å². The van der Waals surface area contributed by atoms with Gasteiger partial charge in [-0.1, -0.05) is 6.07 Å². The molecule has 0 atom stereocenters. The Hall–Kier alpha value is -1.37. The molecule has 0 aliphatic heterocycles. The molecule has 1 heterocycles. The van der Waals surface area contributed by atoms with Gasteiger partial charge in [0.15, 0.2) is 0 Å². The maximum atomic E-state index is 10.2. The Labute approximate surface area is 96.7 Å². The second-order valence-corrected chi connectivity index (χ2v) is 4.51. The first-order chi connectivity index (χ1) is 7.70. The lowest BCUT2D eigenvalue weighted by atomic mass is 9.89. The molecule has 0 saturated heterocycles. The molecule has 0 aliphatic carbocycles. The highest BCUT2D eigenvalue weighted by Gasteiger charge is 2.14. The van der Waals surface area contributed by atoms with Crippen molar-refractivity contribution in [1.29, 1.82) is 0 Å². The molecule has 2 aromatic rings. The van der Waals surface area contributed by atoms with Crippen LogP contribution < -0.4 is 10.1 Å². The third-order valence-electron chi connectivity index (χ3n) is 2.24. The molecule has 1 amide bonds. The van der Waals surface area contributed by atoms with Gasteiger partial charge in [-0.05, 0) is 29.1 Å². The van der Waals surface area contributed by atoms with E-state index in [4.69, 9.17) is 10.0 Å². The predicted molar refractivity (Wildman–Crippen MR) is 64.6 cm³/mol. The SMILES string of the molecule is O=CNCc1ccc2sc(B(O)O)cc2c1. The Morgan fingerprint density at radius 2 is 2.19 bits per heavy atom. The summed E-state index contributed by atoms with van der Waals surface area (Å²) in [7, 11) is -1.42. The lowest BCUT2D eigenvalue weighted by molar-refractivity contribution is -0.109. The Kier molecular flexibility index (Phi) is 3.23. The number of hydrogen-bond donors (Lipinski definition) is 3. The van der Waals surface area contributed by atoms with Crippen LogP contribution in [0.2, 0.25) is 0 Å². The van der Waals surface area contributed by atoms with E-state index in [1.54, 1.807) is 6.07 Å². The van der Waals surface area contributed by atoms with Gasteiger partial charge < -0.3 is 15.4 Å². The lowest BCUT2D eigenvalue weighted by Gasteiger charge is -1.99. The summed E-state index contributed by atoms with van der Waals surface area (Å²) in [6.07, 6.45) is 0.653. The number of thiophene rings is 1. The zero-order valence-corrected chi connectivity index (χ0v) is 9.20. The normalized spacial score (nSPS) is 10.4. The Morgan fingerprint density at radius 1 is 1.38 bits per heavy atom. The fourth-order valence-corrected chi connectivity index (χ4v) is 2.43. The molecule has 0 fully saturated rings. The van der Waals surface area contributed by atoms with Crippen molar-refractivity contribution in [2.75, 3.05) is 0 Å². The third kappa shape index (κ3) is 2.24. The molecule has 1 aromatic heterocycles. The van der Waals surface area contributed by atoms with Crippen molar-refractivity contribution in [3.8, 4) is 0 Å². The van der Waals surface area contributed by atoms with Gasteiger partial charge >= 0.3 is 7.12 Å². The molecule has 0 unspecified atom stereocenters. The van der Waals surface area contributed by atoms with Crippen molar-refractivity contribution in [2.45, 2.75) is 6.54 Å². The van der Waals surface area contributed by atoms with E-state index >= 15 is 0 Å². The molecule has 4 nitrogen and oxygen atoms in total. The van der Waals surface area contributed by atoms with Crippen LogP contribution in [-0.4, -0.2) is 23.6 Å². The largest absolute Gasteiger partial charge is 0.499 e. The van der Waals surface area contributed by atoms with E-state index < -0.39 is 7.12 Å². The van der Waals surface area contributed by atoms with E-state index in [1.807, 2.05) is 18.2 Å². The minimum absolute atomic E-state index is 0.478. The van der Waals surface area contributed by atoms with Gasteiger partial charge in [0, 0.05) is 16.0 Å². The van der Waals surface area contributed by atoms with Crippen molar-refractivity contribution in [2.24, 2.45) is 0 Å². The summed E-state index contributed by atoms with van der Waals surface area (Å²) < 4.78 is 1.52. The van der Waals surface area contributed by atoms with E-state index in [0.717, 1.165) is 15.6 Å². The van der Waals surface area contributed by atoms with Crippen LogP contribution in [0.1, 0.15) is 5.56 Å². The first-order valence-corrected chi connectivity index (χ1v) is 5.58. The molecule has 0 saturated carbocycles. The number of nitrogens with one attached hydrogen (secondary N) is 1. The highest BCUT2D eigenvalue weighted by molar-refractivity contribution is 7.27. The summed E-state index contributed by atoms with van der Waals surface area (Å²) in [6.45, 7) is 0.478. The van der Waals surface area contributed by atoms with Crippen LogP contribution in [0.5, 0.6) is 0 Å². The fraction of sp³-hybridized carbons (Fsp3) is 0.100. The van der Waals surface area contributed by atoms with Gasteiger partial charge in [-0.25, -0.2) is 0 Å². The topological polar surface area (TPSA) is 69.6 Å². The van der Waals surface area contributed by atoms with Gasteiger partial charge in [0.1, 0.15) is 0 Å². The van der Waals surface area contributed by atoms with Gasteiger partial charge in [0.05, 0.1) is 0 Å². The molecule has 82 valence electrons. The summed E-state index contributed by atoms with van der Waals surface area (Å²) in [4.78, 5) is 10.2. The van der Waals surface area contributed by atoms with Crippen LogP contribution in [-0.2, 0) is 11.3 Å². The highest BCUT2D eigenvalue weighted by atomic mass is 32.1. The molecule has 1 aromatic carbocycles. The second kappa shape index (κ2) is 4.65. The van der Waals surface area contributed by atoms with Crippen LogP contribution in [0, 0.1) is 0 Å². The standard InChI is InChI=1S/C10H10BNO3S/c13-6-12-5-7-1-2-9-8(3-7)4-10(16-9)11(14)15/h1-4,6,14-15H,5H2,(H,12,13). The zero-order valence-electron chi connectivity index (χ0n) is 8.38. The van der Waals surface area contributed by atoms with Gasteiger partial charge in [-0.2, -0.15) is 0 Å². The van der Waals surface area contributed by atoms with Gasteiger partial charge in [0.25, 0.3) is 0 Å². The first kappa shape index (κ1) is 11.1. The highest BCUT2D eigenvalue weighted by Crippen LogP contribution is 2.20. The smallest absolute Gasteiger partial charge is 0.423 e. The monoisotopic (exact) mass is 235 g/mol. The molecule has 2 rings (SSSR count). The van der Waals surface area contributed by atoms with Crippen LogP contribution in [0.25, 0.3) is 10.1 Å². The summed E-state index contributed by atoms with van der Waals surface area (Å²) in [5.74, 6) is 0. The van der Waals surface area contributed by atoms with Gasteiger partial charge in [-0.3, -0.25) is 4.79 Å². The molecule has 3 N–H and O–H groups in total. The molecule has 0 aliphatic rings. The second-order valence-electron chi connectivity index (χ2n) is 3.39. The van der Waals surface area contributed by atoms with Gasteiger partial charge in [0.2, 0.25) is 6.41 Å². The Bertz CT molecular complexity index is 512. The summed E-state index contributed by atoms with van der Waals surface area (Å²) >= 11 is 1.35. The van der Waals surface area contributed by atoms with Crippen molar-refractivity contribution < 1.29 is 14.8 Å². The van der Waals surface area contributed by atoms with Crippen molar-refractivity contribution in [1.82, 2.24) is 5.32 Å². The van der Waals surface area contributed by atoms with Crippen molar-refractivity contribution in [3.63, 3.8) is 0 Å². The number of amides is 1. The van der Waals surface area contributed by atoms with E-state index in [1.165, 1.54) is 11.3 Å². The minimum atomic E-state index is -1.42. The van der Waals surface area contributed by atoms with Crippen LogP contribution in [0.4, 0.5) is 0 Å². The zero-order chi connectivity index (χ0) is 11.5. The maximum Gasteiger partial charge on any atom is 0.499 e. The van der Waals surface area contributed by atoms with E-state index in [2.05, 4.69) is 5.32 Å². The van der Waals surface area contributed by atoms with Crippen LogP contribution in [0.15, 0.2) is 24.3 Å². The summed E-state index contributed by atoms with van der Waals surface area (Å²) in [5.41, 5.74) is 0.983. The van der Waals surface area contributed by atoms with E-state index in [9.17, 15) is 4.79 Å². The maximum absolute atomic E-state index is 10.2. The molecule has 0 radical (unpaired) electrons. The quantitative estimate of drug-likeness (QED) is 0.509. The molecule has 0 bridgehead atoms. The number of fused-ring (bicyclic) bond motifs is 1. The van der Waals surface area contributed by atoms with E-state index in [0.29, 0.717) is 17.7 Å². The number of hydrogen-bond acceptors (Lipinski definition) is 4. The number of rotatable bonds is 4. The predicted octanol–water partition coefficient (Wildman–Crippen LogP) is -0.173. The minimum Gasteiger partial charge on any atom is -0.423 e. The molecule has 16 heavy (non-hydrogen) atoms. The summed E-state index contributed by atoms with van der Waals surface area (Å²) in [5, 5.41) is 21.6. The van der Waals surface area contributed by atoms with Crippen LogP contribution >= 0.6 is 11.3 Å². The number of carbonyl (C=O) groups is 1. The first-order valence-electron chi connectivity index (χ1n) is 4.76. The Morgan fingerprint density at radius 3 is 2.88 bits per heavy atom. The lowest BCUT2D eigenvalue weighted by Crippen LogP contribution is -2.26. The van der Waals surface area contributed by atoms with E-state index in [-0.39, 0.29) is 0 Å². The van der Waals surface area contributed by atoms with Crippen molar-refractivity contribution in [3.05, 3.63) is 29.8 Å². The van der Waals surface area contributed by atoms with Gasteiger partial charge in [-0.15, -0.1) is 11.3 Å².